The maximum Gasteiger partial charge on any atom is 0.387 e. The van der Waals surface area contributed by atoms with Crippen LogP contribution < -0.4 is 15.5 Å². The monoisotopic (exact) mass is 267 g/mol. The molecular formula is C12H11F2N3O2. The molecule has 0 unspecified atom stereocenters. The summed E-state index contributed by atoms with van der Waals surface area (Å²) in [7, 11) is 0. The molecule has 5 nitrogen and oxygen atoms in total. The number of rotatable bonds is 5. The molecule has 0 amide bonds. The average Bonchev–Trinajstić information content (AvgIpc) is 2.41. The normalized spacial score (nSPS) is 10.3. The predicted octanol–water partition coefficient (Wildman–Crippen LogP) is 3.23. The fourth-order valence-corrected chi connectivity index (χ4v) is 1.44. The number of aromatic nitrogens is 1. The van der Waals surface area contributed by atoms with Crippen molar-refractivity contribution >= 4 is 17.2 Å². The third-order valence-electron chi connectivity index (χ3n) is 2.24. The minimum Gasteiger partial charge on any atom is -0.435 e. The van der Waals surface area contributed by atoms with Gasteiger partial charge in [-0.25, -0.2) is 4.98 Å². The Labute approximate surface area is 107 Å². The first-order valence-corrected chi connectivity index (χ1v) is 5.35. The molecule has 0 fully saturated rings. The van der Waals surface area contributed by atoms with E-state index in [0.717, 1.165) is 0 Å². The molecule has 1 aromatic carbocycles. The minimum absolute atomic E-state index is 0.0827. The van der Waals surface area contributed by atoms with Crippen molar-refractivity contribution in [1.82, 2.24) is 4.98 Å². The first kappa shape index (κ1) is 13.0. The van der Waals surface area contributed by atoms with Crippen LogP contribution in [0.4, 0.5) is 26.0 Å². The van der Waals surface area contributed by atoms with Crippen molar-refractivity contribution in [3.05, 3.63) is 42.6 Å². The Balaban J connectivity index is 2.06. The summed E-state index contributed by atoms with van der Waals surface area (Å²) in [5, 5.41) is 11.7. The molecule has 3 N–H and O–H groups in total. The van der Waals surface area contributed by atoms with Gasteiger partial charge in [0.1, 0.15) is 11.6 Å². The highest BCUT2D eigenvalue weighted by molar-refractivity contribution is 5.60. The molecule has 0 aliphatic carbocycles. The van der Waals surface area contributed by atoms with Crippen LogP contribution in [0.25, 0.3) is 0 Å². The fourth-order valence-electron chi connectivity index (χ4n) is 1.44. The highest BCUT2D eigenvalue weighted by atomic mass is 19.3. The number of ether oxygens (including phenoxy) is 1. The summed E-state index contributed by atoms with van der Waals surface area (Å²) in [6, 6.07) is 9.18. The lowest BCUT2D eigenvalue weighted by Crippen LogP contribution is -2.01. The van der Waals surface area contributed by atoms with E-state index in [1.807, 2.05) is 5.48 Å². The number of nitrogens with zero attached hydrogens (tertiary/aromatic N) is 1. The Morgan fingerprint density at radius 2 is 1.84 bits per heavy atom. The molecule has 0 radical (unpaired) electrons. The molecule has 0 atom stereocenters. The van der Waals surface area contributed by atoms with E-state index in [-0.39, 0.29) is 5.75 Å². The highest BCUT2D eigenvalue weighted by Gasteiger charge is 2.04. The van der Waals surface area contributed by atoms with Crippen molar-refractivity contribution < 1.29 is 18.7 Å². The molecule has 0 aliphatic heterocycles. The Hall–Kier alpha value is -2.41. The van der Waals surface area contributed by atoms with Gasteiger partial charge in [-0.1, -0.05) is 0 Å². The maximum atomic E-state index is 12.0. The Morgan fingerprint density at radius 3 is 2.47 bits per heavy atom. The summed E-state index contributed by atoms with van der Waals surface area (Å²) in [5.41, 5.74) is 3.14. The summed E-state index contributed by atoms with van der Waals surface area (Å²) in [4.78, 5) is 4.04. The largest absolute Gasteiger partial charge is 0.435 e. The molecule has 2 aromatic rings. The van der Waals surface area contributed by atoms with Crippen LogP contribution in [-0.4, -0.2) is 16.8 Å². The van der Waals surface area contributed by atoms with Crippen LogP contribution >= 0.6 is 0 Å². The number of anilines is 3. The van der Waals surface area contributed by atoms with Crippen molar-refractivity contribution in [1.29, 1.82) is 0 Å². The van der Waals surface area contributed by atoms with E-state index in [1.54, 1.807) is 24.3 Å². The van der Waals surface area contributed by atoms with Gasteiger partial charge in [-0.2, -0.15) is 8.78 Å². The number of pyridine rings is 1. The van der Waals surface area contributed by atoms with Crippen LogP contribution in [0.3, 0.4) is 0 Å². The lowest BCUT2D eigenvalue weighted by Gasteiger charge is -2.08. The van der Waals surface area contributed by atoms with Crippen molar-refractivity contribution in [3.8, 4) is 5.75 Å². The van der Waals surface area contributed by atoms with Gasteiger partial charge in [0.15, 0.2) is 0 Å². The summed E-state index contributed by atoms with van der Waals surface area (Å²) >= 11 is 0. The van der Waals surface area contributed by atoms with Gasteiger partial charge in [0.2, 0.25) is 0 Å². The minimum atomic E-state index is -2.84. The summed E-state index contributed by atoms with van der Waals surface area (Å²) in [6.07, 6.45) is 1.51. The first-order chi connectivity index (χ1) is 9.17. The van der Waals surface area contributed by atoms with Gasteiger partial charge in [-0.05, 0) is 30.3 Å². The quantitative estimate of drug-likeness (QED) is 0.726. The SMILES string of the molecule is ONc1ccnc(Nc2ccc(OC(F)F)cc2)c1. The molecule has 0 saturated heterocycles. The lowest BCUT2D eigenvalue weighted by atomic mass is 10.3. The van der Waals surface area contributed by atoms with E-state index in [9.17, 15) is 8.78 Å². The Kier molecular flexibility index (Phi) is 4.09. The zero-order valence-electron chi connectivity index (χ0n) is 9.68. The predicted molar refractivity (Wildman–Crippen MR) is 66.0 cm³/mol. The third kappa shape index (κ3) is 3.78. The molecule has 0 aliphatic rings. The van der Waals surface area contributed by atoms with Gasteiger partial charge in [0.25, 0.3) is 0 Å². The third-order valence-corrected chi connectivity index (χ3v) is 2.24. The van der Waals surface area contributed by atoms with Crippen LogP contribution in [0.1, 0.15) is 0 Å². The van der Waals surface area contributed by atoms with Gasteiger partial charge in [-0.15, -0.1) is 0 Å². The van der Waals surface area contributed by atoms with Gasteiger partial charge in [0.05, 0.1) is 5.69 Å². The van der Waals surface area contributed by atoms with E-state index in [4.69, 9.17) is 5.21 Å². The lowest BCUT2D eigenvalue weighted by molar-refractivity contribution is -0.0498. The first-order valence-electron chi connectivity index (χ1n) is 5.35. The zero-order chi connectivity index (χ0) is 13.7. The highest BCUT2D eigenvalue weighted by Crippen LogP contribution is 2.21. The fraction of sp³-hybridized carbons (Fsp3) is 0.0833. The van der Waals surface area contributed by atoms with Crippen molar-refractivity contribution in [3.63, 3.8) is 0 Å². The molecule has 7 heteroatoms. The number of halogens is 2. The summed E-state index contributed by atoms with van der Waals surface area (Å²) in [5.74, 6) is 0.584. The van der Waals surface area contributed by atoms with Crippen LogP contribution in [0.2, 0.25) is 0 Å². The molecule has 1 heterocycles. The van der Waals surface area contributed by atoms with Crippen LogP contribution in [-0.2, 0) is 0 Å². The number of alkyl halides is 2. The van der Waals surface area contributed by atoms with E-state index < -0.39 is 6.61 Å². The molecule has 0 saturated carbocycles. The molecule has 0 spiro atoms. The van der Waals surface area contributed by atoms with Crippen molar-refractivity contribution in [2.45, 2.75) is 6.61 Å². The second-order valence-electron chi connectivity index (χ2n) is 3.57. The van der Waals surface area contributed by atoms with E-state index in [2.05, 4.69) is 15.0 Å². The van der Waals surface area contributed by atoms with Gasteiger partial charge < -0.3 is 10.1 Å². The Morgan fingerprint density at radius 1 is 1.11 bits per heavy atom. The van der Waals surface area contributed by atoms with Crippen molar-refractivity contribution in [2.24, 2.45) is 0 Å². The van der Waals surface area contributed by atoms with Crippen LogP contribution in [0, 0.1) is 0 Å². The number of nitrogens with one attached hydrogen (secondary N) is 2. The molecule has 19 heavy (non-hydrogen) atoms. The van der Waals surface area contributed by atoms with Gasteiger partial charge in [0, 0.05) is 18.0 Å². The van der Waals surface area contributed by atoms with E-state index in [1.165, 1.54) is 18.3 Å². The van der Waals surface area contributed by atoms with E-state index >= 15 is 0 Å². The van der Waals surface area contributed by atoms with Crippen LogP contribution in [0.15, 0.2) is 42.6 Å². The maximum absolute atomic E-state index is 12.0. The molecule has 1 aromatic heterocycles. The van der Waals surface area contributed by atoms with E-state index in [0.29, 0.717) is 17.2 Å². The smallest absolute Gasteiger partial charge is 0.387 e. The zero-order valence-corrected chi connectivity index (χ0v) is 9.68. The summed E-state index contributed by atoms with van der Waals surface area (Å²) < 4.78 is 28.2. The van der Waals surface area contributed by atoms with Gasteiger partial charge >= 0.3 is 6.61 Å². The number of hydrogen-bond donors (Lipinski definition) is 3. The molecule has 100 valence electrons. The Bertz CT molecular complexity index is 535. The number of benzene rings is 1. The molecular weight excluding hydrogens is 256 g/mol. The average molecular weight is 267 g/mol. The molecule has 0 bridgehead atoms. The summed E-state index contributed by atoms with van der Waals surface area (Å²) in [6.45, 7) is -2.84. The standard InChI is InChI=1S/C12H11F2N3O2/c13-12(14)19-10-3-1-8(2-4-10)16-11-7-9(17-18)5-6-15-11/h1-7,12,18H,(H2,15,16,17). The van der Waals surface area contributed by atoms with Crippen molar-refractivity contribution in [2.75, 3.05) is 10.8 Å². The molecule has 2 rings (SSSR count). The topological polar surface area (TPSA) is 66.4 Å². The van der Waals surface area contributed by atoms with Crippen LogP contribution in [0.5, 0.6) is 5.75 Å². The van der Waals surface area contributed by atoms with Gasteiger partial charge in [-0.3, -0.25) is 10.7 Å². The second-order valence-corrected chi connectivity index (χ2v) is 3.57. The number of hydrogen-bond acceptors (Lipinski definition) is 5. The second kappa shape index (κ2) is 5.96.